The molecule has 0 spiro atoms. The molecule has 0 saturated heterocycles. The predicted octanol–water partition coefficient (Wildman–Crippen LogP) is 4.85. The van der Waals surface area contributed by atoms with E-state index in [0.717, 1.165) is 23.1 Å². The Morgan fingerprint density at radius 2 is 1.92 bits per heavy atom. The van der Waals surface area contributed by atoms with Gasteiger partial charge in [0.15, 0.2) is 0 Å². The molecule has 0 atom stereocenters. The van der Waals surface area contributed by atoms with Gasteiger partial charge in [-0.2, -0.15) is 4.98 Å². The number of rotatable bonds is 5. The van der Waals surface area contributed by atoms with E-state index in [-0.39, 0.29) is 0 Å². The minimum absolute atomic E-state index is 0.647. The number of anilines is 2. The maximum Gasteiger partial charge on any atom is 0.225 e. The third-order valence-electron chi connectivity index (χ3n) is 4.64. The molecule has 126 valence electrons. The summed E-state index contributed by atoms with van der Waals surface area (Å²) in [4.78, 5) is 9.33. The van der Waals surface area contributed by atoms with E-state index >= 15 is 0 Å². The van der Waals surface area contributed by atoms with Crippen molar-refractivity contribution in [3.05, 3.63) is 65.7 Å². The Morgan fingerprint density at radius 3 is 2.68 bits per heavy atom. The predicted molar refractivity (Wildman–Crippen MR) is 105 cm³/mol. The highest BCUT2D eigenvalue weighted by molar-refractivity contribution is 5.92. The van der Waals surface area contributed by atoms with E-state index in [1.807, 2.05) is 25.2 Å². The highest BCUT2D eigenvalue weighted by Crippen LogP contribution is 2.31. The van der Waals surface area contributed by atoms with Crippen LogP contribution >= 0.6 is 0 Å². The van der Waals surface area contributed by atoms with Crippen LogP contribution in [0.3, 0.4) is 0 Å². The molecule has 1 heterocycles. The third kappa shape index (κ3) is 3.33. The summed E-state index contributed by atoms with van der Waals surface area (Å²) in [7, 11) is 1.91. The molecule has 1 aliphatic carbocycles. The number of nitrogens with zero attached hydrogens (tertiary/aromatic N) is 2. The fourth-order valence-corrected chi connectivity index (χ4v) is 3.31. The first kappa shape index (κ1) is 15.6. The van der Waals surface area contributed by atoms with Crippen molar-refractivity contribution in [3.63, 3.8) is 0 Å². The van der Waals surface area contributed by atoms with Gasteiger partial charge < -0.3 is 10.6 Å². The van der Waals surface area contributed by atoms with E-state index in [1.165, 1.54) is 29.5 Å². The number of nitrogens with one attached hydrogen (secondary N) is 2. The summed E-state index contributed by atoms with van der Waals surface area (Å²) in [6.07, 6.45) is 5.95. The summed E-state index contributed by atoms with van der Waals surface area (Å²) < 4.78 is 0. The maximum absolute atomic E-state index is 4.68. The van der Waals surface area contributed by atoms with Crippen LogP contribution in [0.15, 0.2) is 54.6 Å². The van der Waals surface area contributed by atoms with Crippen LogP contribution in [0.1, 0.15) is 30.4 Å². The van der Waals surface area contributed by atoms with Gasteiger partial charge in [0.05, 0.1) is 5.52 Å². The Labute approximate surface area is 148 Å². The van der Waals surface area contributed by atoms with Crippen LogP contribution in [-0.2, 0) is 6.54 Å². The van der Waals surface area contributed by atoms with E-state index in [4.69, 9.17) is 0 Å². The zero-order chi connectivity index (χ0) is 17.1. The van der Waals surface area contributed by atoms with Crippen molar-refractivity contribution in [2.24, 2.45) is 0 Å². The van der Waals surface area contributed by atoms with E-state index in [9.17, 15) is 0 Å². The monoisotopic (exact) mass is 330 g/mol. The smallest absolute Gasteiger partial charge is 0.225 e. The Balaban J connectivity index is 1.65. The number of allylic oxidation sites excluding steroid dienone is 2. The first-order valence-corrected chi connectivity index (χ1v) is 8.80. The Morgan fingerprint density at radius 1 is 1.04 bits per heavy atom. The van der Waals surface area contributed by atoms with Gasteiger partial charge in [-0.1, -0.05) is 42.5 Å². The van der Waals surface area contributed by atoms with Crippen molar-refractivity contribution >= 4 is 28.2 Å². The second-order valence-corrected chi connectivity index (χ2v) is 6.34. The van der Waals surface area contributed by atoms with Crippen LogP contribution in [0.4, 0.5) is 11.8 Å². The van der Waals surface area contributed by atoms with E-state index in [2.05, 4.69) is 57.0 Å². The quantitative estimate of drug-likeness (QED) is 0.702. The van der Waals surface area contributed by atoms with Gasteiger partial charge in [0, 0.05) is 19.0 Å². The van der Waals surface area contributed by atoms with Crippen LogP contribution in [0, 0.1) is 0 Å². The number of benzene rings is 2. The SMILES string of the molecule is CNc1nc(NCc2ccccc2)nc2ccc(C3=CCCC3)cc12. The van der Waals surface area contributed by atoms with E-state index in [1.54, 1.807) is 0 Å². The van der Waals surface area contributed by atoms with Crippen molar-refractivity contribution in [2.45, 2.75) is 25.8 Å². The summed E-state index contributed by atoms with van der Waals surface area (Å²) in [6, 6.07) is 16.8. The van der Waals surface area contributed by atoms with Crippen LogP contribution in [0.2, 0.25) is 0 Å². The van der Waals surface area contributed by atoms with Crippen molar-refractivity contribution in [3.8, 4) is 0 Å². The van der Waals surface area contributed by atoms with Gasteiger partial charge >= 0.3 is 0 Å². The van der Waals surface area contributed by atoms with E-state index in [0.29, 0.717) is 12.5 Å². The van der Waals surface area contributed by atoms with Gasteiger partial charge in [-0.25, -0.2) is 4.98 Å². The van der Waals surface area contributed by atoms with Crippen molar-refractivity contribution < 1.29 is 0 Å². The first-order valence-electron chi connectivity index (χ1n) is 8.80. The summed E-state index contributed by atoms with van der Waals surface area (Å²) in [5.74, 6) is 1.51. The molecule has 0 aliphatic heterocycles. The summed E-state index contributed by atoms with van der Waals surface area (Å²) >= 11 is 0. The van der Waals surface area contributed by atoms with Gasteiger partial charge in [-0.15, -0.1) is 0 Å². The van der Waals surface area contributed by atoms with Crippen LogP contribution in [-0.4, -0.2) is 17.0 Å². The van der Waals surface area contributed by atoms with Crippen LogP contribution in [0.25, 0.3) is 16.5 Å². The van der Waals surface area contributed by atoms with Crippen LogP contribution in [0.5, 0.6) is 0 Å². The molecule has 2 aromatic carbocycles. The molecular formula is C21H22N4. The molecular weight excluding hydrogens is 308 g/mol. The lowest BCUT2D eigenvalue weighted by Crippen LogP contribution is -2.06. The van der Waals surface area contributed by atoms with E-state index < -0.39 is 0 Å². The Bertz CT molecular complexity index is 916. The standard InChI is InChI=1S/C21H22N4/c1-22-20-18-13-17(16-9-5-6-10-16)11-12-19(18)24-21(25-20)23-14-15-7-3-2-4-8-15/h2-4,7-9,11-13H,5-6,10,14H2,1H3,(H2,22,23,24,25). The molecule has 4 rings (SSSR count). The van der Waals surface area contributed by atoms with Gasteiger partial charge in [0.2, 0.25) is 5.95 Å². The number of hydrogen-bond donors (Lipinski definition) is 2. The zero-order valence-corrected chi connectivity index (χ0v) is 14.4. The molecule has 0 unspecified atom stereocenters. The molecule has 0 saturated carbocycles. The first-order chi connectivity index (χ1) is 12.3. The van der Waals surface area contributed by atoms with Crippen molar-refractivity contribution in [1.29, 1.82) is 0 Å². The zero-order valence-electron chi connectivity index (χ0n) is 14.4. The fraction of sp³-hybridized carbons (Fsp3) is 0.238. The highest BCUT2D eigenvalue weighted by Gasteiger charge is 2.11. The lowest BCUT2D eigenvalue weighted by Gasteiger charge is -2.11. The van der Waals surface area contributed by atoms with Crippen molar-refractivity contribution in [1.82, 2.24) is 9.97 Å². The van der Waals surface area contributed by atoms with Crippen molar-refractivity contribution in [2.75, 3.05) is 17.7 Å². The molecule has 25 heavy (non-hydrogen) atoms. The minimum Gasteiger partial charge on any atom is -0.372 e. The normalized spacial score (nSPS) is 13.7. The highest BCUT2D eigenvalue weighted by atomic mass is 15.1. The topological polar surface area (TPSA) is 49.8 Å². The number of aromatic nitrogens is 2. The Hall–Kier alpha value is -2.88. The average molecular weight is 330 g/mol. The summed E-state index contributed by atoms with van der Waals surface area (Å²) in [5.41, 5.74) is 4.89. The molecule has 0 amide bonds. The Kier molecular flexibility index (Phi) is 4.34. The second kappa shape index (κ2) is 6.93. The lowest BCUT2D eigenvalue weighted by molar-refractivity contribution is 0.935. The largest absolute Gasteiger partial charge is 0.372 e. The van der Waals surface area contributed by atoms with Gasteiger partial charge in [0.1, 0.15) is 5.82 Å². The van der Waals surface area contributed by atoms with Crippen LogP contribution < -0.4 is 10.6 Å². The second-order valence-electron chi connectivity index (χ2n) is 6.34. The molecule has 1 aliphatic rings. The average Bonchev–Trinajstić information content (AvgIpc) is 3.21. The van der Waals surface area contributed by atoms with Gasteiger partial charge in [-0.05, 0) is 48.1 Å². The molecule has 0 fully saturated rings. The molecule has 0 bridgehead atoms. The molecule has 1 aromatic heterocycles. The molecule has 0 radical (unpaired) electrons. The number of hydrogen-bond acceptors (Lipinski definition) is 4. The minimum atomic E-state index is 0.647. The maximum atomic E-state index is 4.68. The summed E-state index contributed by atoms with van der Waals surface area (Å²) in [6.45, 7) is 0.709. The molecule has 4 heteroatoms. The van der Waals surface area contributed by atoms with Gasteiger partial charge in [-0.3, -0.25) is 0 Å². The molecule has 3 aromatic rings. The van der Waals surface area contributed by atoms with Gasteiger partial charge in [0.25, 0.3) is 0 Å². The fourth-order valence-electron chi connectivity index (χ4n) is 3.31. The summed E-state index contributed by atoms with van der Waals surface area (Å²) in [5, 5.41) is 7.61. The lowest BCUT2D eigenvalue weighted by atomic mass is 10.0. The molecule has 2 N–H and O–H groups in total. The molecule has 4 nitrogen and oxygen atoms in total. The number of fused-ring (bicyclic) bond motifs is 1. The third-order valence-corrected chi connectivity index (χ3v) is 4.64.